The molecule has 0 spiro atoms. The molecule has 0 bridgehead atoms. The van der Waals surface area contributed by atoms with Crippen LogP contribution in [0, 0.1) is 11.8 Å². The molecular weight excluding hydrogens is 1220 g/mol. The van der Waals surface area contributed by atoms with E-state index < -0.39 is 0 Å². The third-order valence-corrected chi connectivity index (χ3v) is 23.5. The standard InChI is InChI=1S/C66H100N2O4S2.C16H27BO2S/c1-7-13-19-25-27-33-37-51(35-29-21-15-9-3)47-67-63(57-43-41-55(71-57)59-45-53(49-73-59)39-31-23-17-11-5)61-62(65(67)69)64(58-44-42-56(72-58)60-46-54(50-74-60)40-32-24-18-12-6)68(66(61)70)48-52(36-30-22-16-10-4)38-34-28-26-20-14-8-2;1-6-7-8-9-10-13-11-14(20-12-13)17-18-15(2,3)16(4,5)19-17/h41-46,49-52H,7-40,47-48H2,1-6H3;11-12H,6-10H2,1-5H3. The van der Waals surface area contributed by atoms with Gasteiger partial charge in [-0.05, 0) is 179 Å². The van der Waals surface area contributed by atoms with Crippen LogP contribution >= 0.6 is 34.0 Å². The number of hydrogen-bond acceptors (Lipinski definition) is 9. The molecule has 0 N–H and O–H groups in total. The highest BCUT2D eigenvalue weighted by Gasteiger charge is 2.53. The van der Waals surface area contributed by atoms with Gasteiger partial charge < -0.3 is 27.9 Å². The lowest BCUT2D eigenvalue weighted by atomic mass is 9.87. The summed E-state index contributed by atoms with van der Waals surface area (Å²) in [6.45, 7) is 25.5. The molecule has 8 heterocycles. The van der Waals surface area contributed by atoms with Crippen LogP contribution in [0.15, 0.2) is 78.6 Å². The maximum Gasteiger partial charge on any atom is 0.505 e. The highest BCUT2D eigenvalue weighted by Crippen LogP contribution is 2.50. The van der Waals surface area contributed by atoms with E-state index in [1.165, 1.54) is 208 Å². The van der Waals surface area contributed by atoms with Crippen LogP contribution in [-0.2, 0) is 38.2 Å². The minimum absolute atomic E-state index is 0.0790. The minimum Gasteiger partial charge on any atom is -0.454 e. The van der Waals surface area contributed by atoms with Crippen LogP contribution in [0.3, 0.4) is 0 Å². The zero-order valence-corrected chi connectivity index (χ0v) is 63.5. The van der Waals surface area contributed by atoms with E-state index in [1.54, 1.807) is 34.0 Å². The Morgan fingerprint density at radius 3 is 1.04 bits per heavy atom. The molecule has 8 rings (SSSR count). The lowest BCUT2D eigenvalue weighted by molar-refractivity contribution is -0.124. The highest BCUT2D eigenvalue weighted by atomic mass is 32.1. The van der Waals surface area contributed by atoms with Crippen LogP contribution in [0.25, 0.3) is 32.7 Å². The second-order valence-corrected chi connectivity index (χ2v) is 31.9. The van der Waals surface area contributed by atoms with Crippen molar-refractivity contribution in [3.05, 3.63) is 98.0 Å². The number of furan rings is 2. The quantitative estimate of drug-likeness (QED) is 0.0285. The molecule has 1 fully saturated rings. The van der Waals surface area contributed by atoms with Gasteiger partial charge in [-0.2, -0.15) is 11.3 Å². The molecule has 5 aromatic rings. The van der Waals surface area contributed by atoms with Gasteiger partial charge in [0, 0.05) is 17.9 Å². The lowest BCUT2D eigenvalue weighted by Crippen LogP contribution is -2.41. The van der Waals surface area contributed by atoms with Gasteiger partial charge in [-0.15, -0.1) is 22.7 Å². The summed E-state index contributed by atoms with van der Waals surface area (Å²) < 4.78 is 27.3. The molecule has 12 heteroatoms. The smallest absolute Gasteiger partial charge is 0.454 e. The van der Waals surface area contributed by atoms with Crippen molar-refractivity contribution in [3.8, 4) is 21.3 Å². The molecular formula is C82H127BN2O6S3. The van der Waals surface area contributed by atoms with E-state index in [2.05, 4.69) is 123 Å². The minimum atomic E-state index is -0.247. The van der Waals surface area contributed by atoms with Crippen molar-refractivity contribution in [3.63, 3.8) is 0 Å². The first-order valence-corrected chi connectivity index (χ1v) is 41.3. The van der Waals surface area contributed by atoms with E-state index in [-0.39, 0.29) is 30.1 Å². The molecule has 2 atom stereocenters. The van der Waals surface area contributed by atoms with Gasteiger partial charge in [-0.3, -0.25) is 9.59 Å². The van der Waals surface area contributed by atoms with E-state index in [4.69, 9.17) is 18.1 Å². The molecule has 5 aromatic heterocycles. The molecule has 8 nitrogen and oxygen atoms in total. The number of carbonyl (C=O) groups excluding carboxylic acids is 2. The molecule has 522 valence electrons. The summed E-state index contributed by atoms with van der Waals surface area (Å²) in [6, 6.07) is 15.1. The number of aryl methyl sites for hydroxylation is 3. The average molecular weight is 1340 g/mol. The van der Waals surface area contributed by atoms with Gasteiger partial charge in [0.25, 0.3) is 11.8 Å². The molecule has 3 aliphatic rings. The van der Waals surface area contributed by atoms with E-state index in [1.807, 2.05) is 21.9 Å². The molecule has 0 saturated carbocycles. The van der Waals surface area contributed by atoms with Gasteiger partial charge in [0.1, 0.15) is 22.9 Å². The topological polar surface area (TPSA) is 85.4 Å². The molecule has 1 saturated heterocycles. The number of thiophene rings is 3. The van der Waals surface area contributed by atoms with Gasteiger partial charge in [-0.1, -0.05) is 235 Å². The first kappa shape index (κ1) is 77.4. The Hall–Kier alpha value is -3.94. The monoisotopic (exact) mass is 1340 g/mol. The largest absolute Gasteiger partial charge is 0.505 e. The Morgan fingerprint density at radius 2 is 0.681 bits per heavy atom. The predicted octanol–water partition coefficient (Wildman–Crippen LogP) is 25.2. The van der Waals surface area contributed by atoms with Crippen molar-refractivity contribution in [2.24, 2.45) is 11.8 Å². The van der Waals surface area contributed by atoms with Crippen molar-refractivity contribution in [1.29, 1.82) is 0 Å². The number of unbranched alkanes of at least 4 members (excludes halogenated alkanes) is 25. The third kappa shape index (κ3) is 23.1. The van der Waals surface area contributed by atoms with E-state index in [9.17, 15) is 0 Å². The Labute approximate surface area is 584 Å². The molecule has 0 aliphatic carbocycles. The Kier molecular flexibility index (Phi) is 34.2. The molecule has 2 amide bonds. The van der Waals surface area contributed by atoms with Crippen LogP contribution in [0.5, 0.6) is 0 Å². The number of amides is 2. The molecule has 2 unspecified atom stereocenters. The first-order valence-electron chi connectivity index (χ1n) is 38.6. The van der Waals surface area contributed by atoms with Gasteiger partial charge in [-0.25, -0.2) is 0 Å². The van der Waals surface area contributed by atoms with Crippen LogP contribution < -0.4 is 4.78 Å². The fraction of sp³-hybridized carbons (Fsp3) is 0.683. The van der Waals surface area contributed by atoms with Crippen molar-refractivity contribution in [2.45, 2.75) is 338 Å². The summed E-state index contributed by atoms with van der Waals surface area (Å²) in [4.78, 5) is 37.9. The molecule has 94 heavy (non-hydrogen) atoms. The summed E-state index contributed by atoms with van der Waals surface area (Å²) in [5.41, 5.74) is 5.97. The van der Waals surface area contributed by atoms with Crippen LogP contribution in [0.1, 0.15) is 336 Å². The Balaban J connectivity index is 0.000000529. The maximum absolute atomic E-state index is 15.9. The van der Waals surface area contributed by atoms with Crippen molar-refractivity contribution < 1.29 is 27.7 Å². The predicted molar refractivity (Wildman–Crippen MR) is 405 cm³/mol. The van der Waals surface area contributed by atoms with Crippen molar-refractivity contribution >= 4 is 69.1 Å². The van der Waals surface area contributed by atoms with E-state index in [0.29, 0.717) is 59.0 Å². The lowest BCUT2D eigenvalue weighted by Gasteiger charge is -2.32. The van der Waals surface area contributed by atoms with E-state index >= 15 is 9.59 Å². The van der Waals surface area contributed by atoms with Gasteiger partial charge in [0.05, 0.1) is 32.1 Å². The number of fused-ring (bicyclic) bond motifs is 1. The highest BCUT2D eigenvalue weighted by molar-refractivity contribution is 7.21. The van der Waals surface area contributed by atoms with E-state index in [0.717, 1.165) is 85.5 Å². The zero-order chi connectivity index (χ0) is 67.1. The zero-order valence-electron chi connectivity index (χ0n) is 61.1. The number of hydrogen-bond donors (Lipinski definition) is 0. The van der Waals surface area contributed by atoms with Gasteiger partial charge in [0.15, 0.2) is 11.5 Å². The normalized spacial score (nSPS) is 16.0. The Morgan fingerprint density at radius 1 is 0.383 bits per heavy atom. The SMILES string of the molecule is CCCCCCCCC(CCCCCC)CN1C(=O)C2=C(c3ccc(-c4cc(CCCCCC)cs4)o3)N(CC(CCCCCC)CCCCCCCC)C(=O)C2=C1c1ccc(-c2cc(CCCCCC)cs2)o1.CCCCCCc1csc(B2OC(C)(C)C(C)(C)O2)c1. The average Bonchev–Trinajstić information content (AvgIpc) is 1.55. The van der Waals surface area contributed by atoms with Crippen LogP contribution in [0.4, 0.5) is 0 Å². The number of carbonyl (C=O) groups is 2. The molecule has 3 aliphatic heterocycles. The summed E-state index contributed by atoms with van der Waals surface area (Å²) in [7, 11) is -0.200. The first-order chi connectivity index (χ1) is 45.7. The summed E-state index contributed by atoms with van der Waals surface area (Å²) in [5.74, 6) is 3.32. The van der Waals surface area contributed by atoms with Crippen molar-refractivity contribution in [2.75, 3.05) is 13.1 Å². The summed E-state index contributed by atoms with van der Waals surface area (Å²) >= 11 is 5.22. The van der Waals surface area contributed by atoms with Crippen LogP contribution in [-0.4, -0.2) is 53.0 Å². The number of rotatable bonds is 48. The molecule has 0 aromatic carbocycles. The van der Waals surface area contributed by atoms with Crippen molar-refractivity contribution in [1.82, 2.24) is 9.80 Å². The summed E-state index contributed by atoms with van der Waals surface area (Å²) in [6.07, 6.45) is 47.3. The van der Waals surface area contributed by atoms with Gasteiger partial charge in [0.2, 0.25) is 0 Å². The Bertz CT molecular complexity index is 2850. The van der Waals surface area contributed by atoms with Crippen LogP contribution in [0.2, 0.25) is 0 Å². The van der Waals surface area contributed by atoms with Gasteiger partial charge >= 0.3 is 7.12 Å². The second kappa shape index (κ2) is 41.5. The third-order valence-electron chi connectivity index (χ3n) is 20.5. The number of nitrogens with zero attached hydrogens (tertiary/aromatic N) is 2. The maximum atomic E-state index is 15.9. The fourth-order valence-corrected chi connectivity index (χ4v) is 16.6. The molecule has 0 radical (unpaired) electrons. The second-order valence-electron chi connectivity index (χ2n) is 29.2. The summed E-state index contributed by atoms with van der Waals surface area (Å²) in [5, 5.41) is 6.81. The fourth-order valence-electron chi connectivity index (χ4n) is 13.9.